The van der Waals surface area contributed by atoms with Gasteiger partial charge in [-0.25, -0.2) is 0 Å². The smallest absolute Gasteiger partial charge is 0.310 e. The first-order chi connectivity index (χ1) is 8.55. The summed E-state index contributed by atoms with van der Waals surface area (Å²) in [4.78, 5) is 3.45. The van der Waals surface area contributed by atoms with Crippen LogP contribution >= 0.6 is 0 Å². The predicted octanol–water partition coefficient (Wildman–Crippen LogP) is 3.52. The van der Waals surface area contributed by atoms with E-state index in [0.29, 0.717) is 12.6 Å². The second-order valence-electron chi connectivity index (χ2n) is 4.77. The molecule has 0 aliphatic heterocycles. The molecule has 1 aromatic heterocycles. The number of aromatic nitrogens is 1. The van der Waals surface area contributed by atoms with Crippen molar-refractivity contribution in [1.82, 2.24) is 10.3 Å². The molecule has 0 aromatic carbocycles. The zero-order valence-electron chi connectivity index (χ0n) is 10.1. The zero-order valence-corrected chi connectivity index (χ0v) is 10.1. The molecule has 2 nitrogen and oxygen atoms in total. The van der Waals surface area contributed by atoms with Crippen LogP contribution in [0, 0.1) is 0 Å². The molecule has 5 heteroatoms. The molecular formula is C13H17F3N2. The van der Waals surface area contributed by atoms with E-state index < -0.39 is 11.9 Å². The highest BCUT2D eigenvalue weighted by Gasteiger charge is 2.31. The molecule has 18 heavy (non-hydrogen) atoms. The van der Waals surface area contributed by atoms with Crippen LogP contribution in [0.3, 0.4) is 0 Å². The van der Waals surface area contributed by atoms with Crippen LogP contribution < -0.4 is 5.32 Å². The van der Waals surface area contributed by atoms with Crippen LogP contribution in [0.15, 0.2) is 18.3 Å². The summed E-state index contributed by atoms with van der Waals surface area (Å²) >= 11 is 0. The molecular weight excluding hydrogens is 241 g/mol. The van der Waals surface area contributed by atoms with Gasteiger partial charge < -0.3 is 5.32 Å². The third-order valence-electron chi connectivity index (χ3n) is 3.32. The summed E-state index contributed by atoms with van der Waals surface area (Å²) in [6, 6.07) is 3.03. The fourth-order valence-corrected chi connectivity index (χ4v) is 2.27. The molecule has 0 atom stereocenters. The van der Waals surface area contributed by atoms with Gasteiger partial charge in [0.05, 0.1) is 0 Å². The highest BCUT2D eigenvalue weighted by atomic mass is 19.4. The van der Waals surface area contributed by atoms with Crippen molar-refractivity contribution in [2.75, 3.05) is 0 Å². The minimum Gasteiger partial charge on any atom is -0.310 e. The normalized spacial score (nSPS) is 17.9. The van der Waals surface area contributed by atoms with Gasteiger partial charge in [-0.15, -0.1) is 0 Å². The van der Waals surface area contributed by atoms with Gasteiger partial charge in [-0.2, -0.15) is 13.2 Å². The van der Waals surface area contributed by atoms with Crippen molar-refractivity contribution in [2.24, 2.45) is 0 Å². The van der Waals surface area contributed by atoms with E-state index in [1.165, 1.54) is 31.5 Å². The first-order valence-electron chi connectivity index (χ1n) is 6.31. The number of hydrogen-bond donors (Lipinski definition) is 1. The van der Waals surface area contributed by atoms with Crippen LogP contribution in [0.2, 0.25) is 0 Å². The average Bonchev–Trinajstić information content (AvgIpc) is 2.37. The minimum atomic E-state index is -4.35. The summed E-state index contributed by atoms with van der Waals surface area (Å²) in [6.07, 6.45) is 3.04. The Labute approximate surface area is 105 Å². The Hall–Kier alpha value is -1.10. The van der Waals surface area contributed by atoms with Gasteiger partial charge in [-0.1, -0.05) is 25.3 Å². The summed E-state index contributed by atoms with van der Waals surface area (Å²) in [5.41, 5.74) is -0.0301. The fraction of sp³-hybridized carbons (Fsp3) is 0.615. The van der Waals surface area contributed by atoms with Crippen molar-refractivity contribution >= 4 is 0 Å². The van der Waals surface area contributed by atoms with Crippen LogP contribution in [-0.4, -0.2) is 11.0 Å². The molecule has 0 unspecified atom stereocenters. The average molecular weight is 258 g/mol. The molecule has 0 spiro atoms. The molecule has 100 valence electrons. The van der Waals surface area contributed by atoms with Crippen LogP contribution in [0.4, 0.5) is 13.2 Å². The van der Waals surface area contributed by atoms with Crippen molar-refractivity contribution < 1.29 is 13.2 Å². The maximum absolute atomic E-state index is 12.3. The summed E-state index contributed by atoms with van der Waals surface area (Å²) in [5.74, 6) is 0. The molecule has 1 aliphatic carbocycles. The van der Waals surface area contributed by atoms with Crippen molar-refractivity contribution in [3.05, 3.63) is 29.6 Å². The number of alkyl halides is 3. The van der Waals surface area contributed by atoms with Crippen LogP contribution in [0.25, 0.3) is 0 Å². The quantitative estimate of drug-likeness (QED) is 0.897. The fourth-order valence-electron chi connectivity index (χ4n) is 2.27. The summed E-state index contributed by atoms with van der Waals surface area (Å²) in [6.45, 7) is 0.593. The zero-order chi connectivity index (χ0) is 13.0. The lowest BCUT2D eigenvalue weighted by Crippen LogP contribution is -2.30. The van der Waals surface area contributed by atoms with Crippen molar-refractivity contribution in [3.8, 4) is 0 Å². The number of rotatable bonds is 3. The van der Waals surface area contributed by atoms with Gasteiger partial charge in [0.1, 0.15) is 5.69 Å². The Kier molecular flexibility index (Phi) is 4.22. The standard InChI is InChI=1S/C13H17F3N2/c14-13(15,16)12-7-6-10(9-18-12)8-17-11-4-2-1-3-5-11/h6-7,9,11,17H,1-5,8H2. The lowest BCUT2D eigenvalue weighted by Gasteiger charge is -2.22. The van der Waals surface area contributed by atoms with E-state index in [4.69, 9.17) is 0 Å². The van der Waals surface area contributed by atoms with Crippen molar-refractivity contribution in [3.63, 3.8) is 0 Å². The molecule has 0 radical (unpaired) electrons. The first kappa shape index (κ1) is 13.3. The van der Waals surface area contributed by atoms with E-state index in [9.17, 15) is 13.2 Å². The largest absolute Gasteiger partial charge is 0.433 e. The van der Waals surface area contributed by atoms with Gasteiger partial charge in [0.25, 0.3) is 0 Å². The Bertz CT molecular complexity index is 367. The Morgan fingerprint density at radius 1 is 1.17 bits per heavy atom. The van der Waals surface area contributed by atoms with E-state index in [0.717, 1.165) is 24.5 Å². The molecule has 1 fully saturated rings. The lowest BCUT2D eigenvalue weighted by molar-refractivity contribution is -0.141. The molecule has 1 saturated carbocycles. The first-order valence-corrected chi connectivity index (χ1v) is 6.31. The van der Waals surface area contributed by atoms with E-state index in [1.54, 1.807) is 0 Å². The number of hydrogen-bond acceptors (Lipinski definition) is 2. The van der Waals surface area contributed by atoms with E-state index >= 15 is 0 Å². The highest BCUT2D eigenvalue weighted by Crippen LogP contribution is 2.27. The van der Waals surface area contributed by atoms with E-state index in [2.05, 4.69) is 10.3 Å². The maximum atomic E-state index is 12.3. The predicted molar refractivity (Wildman–Crippen MR) is 63.0 cm³/mol. The monoisotopic (exact) mass is 258 g/mol. The van der Waals surface area contributed by atoms with Gasteiger partial charge in [-0.05, 0) is 24.5 Å². The Balaban J connectivity index is 1.86. The summed E-state index contributed by atoms with van der Waals surface area (Å²) < 4.78 is 37.0. The van der Waals surface area contributed by atoms with E-state index in [-0.39, 0.29) is 0 Å². The maximum Gasteiger partial charge on any atom is 0.433 e. The molecule has 1 heterocycles. The number of halogens is 3. The molecule has 2 rings (SSSR count). The van der Waals surface area contributed by atoms with Gasteiger partial charge in [0.2, 0.25) is 0 Å². The molecule has 1 aliphatic rings. The molecule has 0 saturated heterocycles. The topological polar surface area (TPSA) is 24.9 Å². The molecule has 0 bridgehead atoms. The SMILES string of the molecule is FC(F)(F)c1ccc(CNC2CCCCC2)cn1. The summed E-state index contributed by atoms with van der Waals surface area (Å²) in [5, 5.41) is 3.37. The van der Waals surface area contributed by atoms with Crippen molar-refractivity contribution in [1.29, 1.82) is 0 Å². The lowest BCUT2D eigenvalue weighted by atomic mass is 9.95. The Morgan fingerprint density at radius 3 is 2.44 bits per heavy atom. The van der Waals surface area contributed by atoms with Crippen LogP contribution in [0.1, 0.15) is 43.4 Å². The second kappa shape index (κ2) is 5.69. The molecule has 0 amide bonds. The van der Waals surface area contributed by atoms with E-state index in [1.807, 2.05) is 0 Å². The number of pyridine rings is 1. The third-order valence-corrected chi connectivity index (χ3v) is 3.32. The van der Waals surface area contributed by atoms with Crippen molar-refractivity contribution in [2.45, 2.75) is 50.9 Å². The van der Waals surface area contributed by atoms with Crippen LogP contribution in [0.5, 0.6) is 0 Å². The second-order valence-corrected chi connectivity index (χ2v) is 4.77. The van der Waals surface area contributed by atoms with Gasteiger partial charge in [0.15, 0.2) is 0 Å². The summed E-state index contributed by atoms with van der Waals surface area (Å²) in [7, 11) is 0. The number of nitrogens with one attached hydrogen (secondary N) is 1. The van der Waals surface area contributed by atoms with Gasteiger partial charge in [0, 0.05) is 18.8 Å². The van der Waals surface area contributed by atoms with Gasteiger partial charge in [-0.3, -0.25) is 4.98 Å². The highest BCUT2D eigenvalue weighted by molar-refractivity contribution is 5.15. The number of nitrogens with zero attached hydrogens (tertiary/aromatic N) is 1. The Morgan fingerprint density at radius 2 is 1.89 bits per heavy atom. The molecule has 1 N–H and O–H groups in total. The molecule has 1 aromatic rings. The van der Waals surface area contributed by atoms with Crippen LogP contribution in [-0.2, 0) is 12.7 Å². The minimum absolute atomic E-state index is 0.501. The third kappa shape index (κ3) is 3.70. The van der Waals surface area contributed by atoms with Gasteiger partial charge >= 0.3 is 6.18 Å².